The maximum atomic E-state index is 6.10. The predicted octanol–water partition coefficient (Wildman–Crippen LogP) is 3.35. The molecule has 0 aliphatic rings. The molecule has 0 amide bonds. The maximum absolute atomic E-state index is 6.10. The molecule has 1 aromatic heterocycles. The van der Waals surface area contributed by atoms with Crippen molar-refractivity contribution in [3.63, 3.8) is 0 Å². The Morgan fingerprint density at radius 1 is 1.25 bits per heavy atom. The van der Waals surface area contributed by atoms with Crippen LogP contribution in [0, 0.1) is 5.92 Å². The van der Waals surface area contributed by atoms with E-state index >= 15 is 0 Å². The van der Waals surface area contributed by atoms with Gasteiger partial charge in [0, 0.05) is 11.4 Å². The standard InChI is InChI=1S/C14H19NO/c1-10(2)7-13(15)9-11-3-4-14-12(8-11)5-6-16-14/h3-6,8,10,13H,7,9,15H2,1-2H3. The lowest BCUT2D eigenvalue weighted by Gasteiger charge is -2.13. The molecule has 0 saturated heterocycles. The molecule has 0 aliphatic carbocycles. The summed E-state index contributed by atoms with van der Waals surface area (Å²) >= 11 is 0. The second-order valence-corrected chi connectivity index (χ2v) is 4.89. The van der Waals surface area contributed by atoms with Crippen LogP contribution in [0.4, 0.5) is 0 Å². The topological polar surface area (TPSA) is 39.2 Å². The average molecular weight is 217 g/mol. The summed E-state index contributed by atoms with van der Waals surface area (Å²) < 4.78 is 5.31. The minimum absolute atomic E-state index is 0.254. The van der Waals surface area contributed by atoms with E-state index in [4.69, 9.17) is 10.2 Å². The molecule has 2 aromatic rings. The molecule has 1 atom stereocenters. The number of hydrogen-bond donors (Lipinski definition) is 1. The Labute approximate surface area is 96.4 Å². The highest BCUT2D eigenvalue weighted by Crippen LogP contribution is 2.18. The number of fused-ring (bicyclic) bond motifs is 1. The number of furan rings is 1. The first-order valence-electron chi connectivity index (χ1n) is 5.87. The molecule has 2 rings (SSSR count). The number of benzene rings is 1. The summed E-state index contributed by atoms with van der Waals surface area (Å²) in [5.74, 6) is 0.660. The van der Waals surface area contributed by atoms with Crippen LogP contribution in [0.5, 0.6) is 0 Å². The summed E-state index contributed by atoms with van der Waals surface area (Å²) in [6, 6.07) is 8.54. The Morgan fingerprint density at radius 3 is 2.81 bits per heavy atom. The van der Waals surface area contributed by atoms with E-state index in [0.717, 1.165) is 23.8 Å². The monoisotopic (exact) mass is 217 g/mol. The third-order valence-electron chi connectivity index (χ3n) is 2.79. The Balaban J connectivity index is 2.08. The normalized spacial score (nSPS) is 13.5. The van der Waals surface area contributed by atoms with E-state index in [9.17, 15) is 0 Å². The van der Waals surface area contributed by atoms with Crippen molar-refractivity contribution >= 4 is 11.0 Å². The lowest BCUT2D eigenvalue weighted by atomic mass is 9.97. The van der Waals surface area contributed by atoms with E-state index in [1.165, 1.54) is 5.56 Å². The van der Waals surface area contributed by atoms with Crippen molar-refractivity contribution in [1.82, 2.24) is 0 Å². The van der Waals surface area contributed by atoms with Crippen molar-refractivity contribution in [2.45, 2.75) is 32.7 Å². The fourth-order valence-corrected chi connectivity index (χ4v) is 2.13. The molecule has 1 heterocycles. The zero-order valence-electron chi connectivity index (χ0n) is 9.94. The van der Waals surface area contributed by atoms with Crippen LogP contribution in [0.15, 0.2) is 34.9 Å². The molecule has 86 valence electrons. The van der Waals surface area contributed by atoms with E-state index in [1.807, 2.05) is 12.1 Å². The van der Waals surface area contributed by atoms with Crippen LogP contribution in [0.2, 0.25) is 0 Å². The average Bonchev–Trinajstić information content (AvgIpc) is 2.63. The molecule has 2 heteroatoms. The highest BCUT2D eigenvalue weighted by atomic mass is 16.3. The molecule has 1 unspecified atom stereocenters. The van der Waals surface area contributed by atoms with E-state index in [1.54, 1.807) is 6.26 Å². The van der Waals surface area contributed by atoms with Crippen LogP contribution >= 0.6 is 0 Å². The third-order valence-corrected chi connectivity index (χ3v) is 2.79. The molecular weight excluding hydrogens is 198 g/mol. The van der Waals surface area contributed by atoms with Crippen LogP contribution in [-0.2, 0) is 6.42 Å². The van der Waals surface area contributed by atoms with Crippen molar-refractivity contribution < 1.29 is 4.42 Å². The van der Waals surface area contributed by atoms with Gasteiger partial charge in [0.25, 0.3) is 0 Å². The molecule has 0 bridgehead atoms. The molecule has 0 radical (unpaired) electrons. The van der Waals surface area contributed by atoms with Crippen molar-refractivity contribution in [2.24, 2.45) is 11.7 Å². The van der Waals surface area contributed by atoms with Crippen LogP contribution in [0.3, 0.4) is 0 Å². The zero-order valence-corrected chi connectivity index (χ0v) is 9.94. The van der Waals surface area contributed by atoms with Gasteiger partial charge in [-0.1, -0.05) is 19.9 Å². The molecule has 0 spiro atoms. The molecular formula is C14H19NO. The Morgan fingerprint density at radius 2 is 2.06 bits per heavy atom. The molecule has 2 nitrogen and oxygen atoms in total. The summed E-state index contributed by atoms with van der Waals surface area (Å²) in [5, 5.41) is 1.16. The van der Waals surface area contributed by atoms with Gasteiger partial charge >= 0.3 is 0 Å². The van der Waals surface area contributed by atoms with Gasteiger partial charge in [-0.15, -0.1) is 0 Å². The van der Waals surface area contributed by atoms with Gasteiger partial charge in [0.1, 0.15) is 5.58 Å². The predicted molar refractivity (Wildman–Crippen MR) is 67.3 cm³/mol. The van der Waals surface area contributed by atoms with Gasteiger partial charge in [-0.25, -0.2) is 0 Å². The summed E-state index contributed by atoms with van der Waals surface area (Å²) in [7, 11) is 0. The van der Waals surface area contributed by atoms with E-state index < -0.39 is 0 Å². The molecule has 1 aromatic carbocycles. The van der Waals surface area contributed by atoms with Gasteiger partial charge in [-0.3, -0.25) is 0 Å². The minimum atomic E-state index is 0.254. The van der Waals surface area contributed by atoms with Gasteiger partial charge in [0.15, 0.2) is 0 Å². The summed E-state index contributed by atoms with van der Waals surface area (Å²) in [6.07, 6.45) is 3.74. The molecule has 2 N–H and O–H groups in total. The number of rotatable bonds is 4. The zero-order chi connectivity index (χ0) is 11.5. The fourth-order valence-electron chi connectivity index (χ4n) is 2.13. The quantitative estimate of drug-likeness (QED) is 0.853. The molecule has 16 heavy (non-hydrogen) atoms. The Hall–Kier alpha value is -1.28. The van der Waals surface area contributed by atoms with Gasteiger partial charge in [-0.05, 0) is 42.5 Å². The van der Waals surface area contributed by atoms with Crippen molar-refractivity contribution in [1.29, 1.82) is 0 Å². The van der Waals surface area contributed by atoms with E-state index in [-0.39, 0.29) is 6.04 Å². The third kappa shape index (κ3) is 2.64. The molecule has 0 fully saturated rings. The van der Waals surface area contributed by atoms with Crippen LogP contribution in [-0.4, -0.2) is 6.04 Å². The summed E-state index contributed by atoms with van der Waals surface area (Å²) in [4.78, 5) is 0. The minimum Gasteiger partial charge on any atom is -0.464 e. The Bertz CT molecular complexity index is 458. The lowest BCUT2D eigenvalue weighted by molar-refractivity contribution is 0.493. The van der Waals surface area contributed by atoms with Crippen molar-refractivity contribution in [2.75, 3.05) is 0 Å². The van der Waals surface area contributed by atoms with Gasteiger partial charge in [0.2, 0.25) is 0 Å². The van der Waals surface area contributed by atoms with Crippen LogP contribution in [0.1, 0.15) is 25.8 Å². The van der Waals surface area contributed by atoms with Crippen molar-refractivity contribution in [3.05, 3.63) is 36.1 Å². The number of nitrogens with two attached hydrogens (primary N) is 1. The van der Waals surface area contributed by atoms with Crippen LogP contribution < -0.4 is 5.73 Å². The van der Waals surface area contributed by atoms with Gasteiger partial charge in [0.05, 0.1) is 6.26 Å². The highest BCUT2D eigenvalue weighted by Gasteiger charge is 2.07. The SMILES string of the molecule is CC(C)CC(N)Cc1ccc2occc2c1. The summed E-state index contributed by atoms with van der Waals surface area (Å²) in [6.45, 7) is 4.41. The lowest BCUT2D eigenvalue weighted by Crippen LogP contribution is -2.24. The number of hydrogen-bond acceptors (Lipinski definition) is 2. The molecule has 0 saturated carbocycles. The van der Waals surface area contributed by atoms with E-state index in [0.29, 0.717) is 5.92 Å². The summed E-state index contributed by atoms with van der Waals surface area (Å²) in [5.41, 5.74) is 8.34. The second-order valence-electron chi connectivity index (χ2n) is 4.89. The fraction of sp³-hybridized carbons (Fsp3) is 0.429. The maximum Gasteiger partial charge on any atom is 0.133 e. The van der Waals surface area contributed by atoms with Crippen molar-refractivity contribution in [3.8, 4) is 0 Å². The Kier molecular flexibility index (Phi) is 3.30. The largest absolute Gasteiger partial charge is 0.464 e. The highest BCUT2D eigenvalue weighted by molar-refractivity contribution is 5.77. The molecule has 0 aliphatic heterocycles. The van der Waals surface area contributed by atoms with Crippen LogP contribution in [0.25, 0.3) is 11.0 Å². The second kappa shape index (κ2) is 4.71. The van der Waals surface area contributed by atoms with Gasteiger partial charge in [-0.2, -0.15) is 0 Å². The first-order chi connectivity index (χ1) is 7.65. The first kappa shape index (κ1) is 11.2. The first-order valence-corrected chi connectivity index (χ1v) is 5.87. The van der Waals surface area contributed by atoms with E-state index in [2.05, 4.69) is 26.0 Å². The van der Waals surface area contributed by atoms with Gasteiger partial charge < -0.3 is 10.2 Å². The smallest absolute Gasteiger partial charge is 0.133 e.